The number of nitrogens with one attached hydrogen (secondary N) is 2. The lowest BCUT2D eigenvalue weighted by Crippen LogP contribution is -2.41. The predicted molar refractivity (Wildman–Crippen MR) is 102 cm³/mol. The zero-order valence-corrected chi connectivity index (χ0v) is 16.1. The molecule has 0 saturated carbocycles. The maximum Gasteiger partial charge on any atom is 0.322 e. The van der Waals surface area contributed by atoms with Crippen LogP contribution in [0.4, 0.5) is 0 Å². The third kappa shape index (κ3) is 4.44. The number of fused-ring (bicyclic) bond motifs is 1. The summed E-state index contributed by atoms with van der Waals surface area (Å²) in [5.74, 6) is -1.33. The van der Waals surface area contributed by atoms with E-state index in [1.54, 1.807) is 12.3 Å². The molecule has 0 saturated heterocycles. The molecule has 142 valence electrons. The highest BCUT2D eigenvalue weighted by atomic mass is 32.2. The first-order valence-corrected chi connectivity index (χ1v) is 10.4. The van der Waals surface area contributed by atoms with Crippen LogP contribution in [0.5, 0.6) is 0 Å². The smallest absolute Gasteiger partial charge is 0.322 e. The summed E-state index contributed by atoms with van der Waals surface area (Å²) in [6.07, 6.45) is 1.84. The lowest BCUT2D eigenvalue weighted by molar-refractivity contribution is -0.138. The second kappa shape index (κ2) is 7.63. The number of aromatic nitrogens is 1. The average molecular weight is 406 g/mol. The zero-order chi connectivity index (χ0) is 19.6. The maximum absolute atomic E-state index is 12.6. The van der Waals surface area contributed by atoms with Crippen LogP contribution in [-0.4, -0.2) is 36.3 Å². The van der Waals surface area contributed by atoms with Crippen LogP contribution >= 0.6 is 11.3 Å². The van der Waals surface area contributed by atoms with Crippen molar-refractivity contribution in [3.05, 3.63) is 53.0 Å². The van der Waals surface area contributed by atoms with Crippen LogP contribution in [0, 0.1) is 0 Å². The quantitative estimate of drug-likeness (QED) is 0.531. The highest BCUT2D eigenvalue weighted by Gasteiger charge is 2.27. The van der Waals surface area contributed by atoms with E-state index in [2.05, 4.69) is 9.71 Å². The van der Waals surface area contributed by atoms with Crippen molar-refractivity contribution in [3.63, 3.8) is 0 Å². The molecule has 2 heterocycles. The summed E-state index contributed by atoms with van der Waals surface area (Å²) in [7, 11) is -4.01. The maximum atomic E-state index is 12.6. The first kappa shape index (κ1) is 19.3. The van der Waals surface area contributed by atoms with Gasteiger partial charge in [-0.05, 0) is 30.7 Å². The van der Waals surface area contributed by atoms with Crippen LogP contribution in [-0.2, 0) is 32.5 Å². The molecule has 0 aliphatic heterocycles. The van der Waals surface area contributed by atoms with E-state index in [9.17, 15) is 23.1 Å². The van der Waals surface area contributed by atoms with Crippen molar-refractivity contribution in [2.24, 2.45) is 0 Å². The monoisotopic (exact) mass is 406 g/mol. The summed E-state index contributed by atoms with van der Waals surface area (Å²) in [6, 6.07) is 9.04. The summed E-state index contributed by atoms with van der Waals surface area (Å²) in [6.45, 7) is 1.42. The van der Waals surface area contributed by atoms with Gasteiger partial charge in [0.15, 0.2) is 0 Å². The fourth-order valence-corrected chi connectivity index (χ4v) is 5.42. The zero-order valence-electron chi connectivity index (χ0n) is 14.4. The van der Waals surface area contributed by atoms with Gasteiger partial charge in [0, 0.05) is 34.8 Å². The van der Waals surface area contributed by atoms with E-state index in [1.807, 2.05) is 24.3 Å². The van der Waals surface area contributed by atoms with Gasteiger partial charge in [0.05, 0.1) is 0 Å². The van der Waals surface area contributed by atoms with Crippen LogP contribution in [0.2, 0.25) is 0 Å². The number of aliphatic carboxylic acids is 1. The van der Waals surface area contributed by atoms with Crippen LogP contribution in [0.1, 0.15) is 17.4 Å². The Morgan fingerprint density at radius 3 is 2.67 bits per heavy atom. The molecule has 0 aliphatic carbocycles. The van der Waals surface area contributed by atoms with Gasteiger partial charge in [-0.1, -0.05) is 18.2 Å². The Kier molecular flexibility index (Phi) is 5.45. The van der Waals surface area contributed by atoms with Gasteiger partial charge >= 0.3 is 5.97 Å². The highest BCUT2D eigenvalue weighted by Crippen LogP contribution is 2.24. The summed E-state index contributed by atoms with van der Waals surface area (Å²) >= 11 is 0.962. The van der Waals surface area contributed by atoms with Crippen molar-refractivity contribution >= 4 is 44.0 Å². The summed E-state index contributed by atoms with van der Waals surface area (Å²) in [4.78, 5) is 26.5. The minimum absolute atomic E-state index is 0.00422. The predicted octanol–water partition coefficient (Wildman–Crippen LogP) is 2.34. The average Bonchev–Trinajstić information content (AvgIpc) is 3.21. The van der Waals surface area contributed by atoms with Gasteiger partial charge in [-0.2, -0.15) is 4.72 Å². The van der Waals surface area contributed by atoms with Crippen LogP contribution in [0.3, 0.4) is 0 Å². The molecule has 7 nitrogen and oxygen atoms in total. The first-order chi connectivity index (χ1) is 12.8. The standard InChI is InChI=1S/C18H18N2O5S2/c1-11(21)8-13-6-7-17(26-13)27(24,25)20-16(18(22)23)9-12-10-19-15-5-3-2-4-14(12)15/h2-7,10,16,19-20H,8-9H2,1H3,(H,22,23). The molecule has 1 unspecified atom stereocenters. The molecule has 27 heavy (non-hydrogen) atoms. The van der Waals surface area contributed by atoms with Crippen molar-refractivity contribution < 1.29 is 23.1 Å². The van der Waals surface area contributed by atoms with Gasteiger partial charge in [-0.25, -0.2) is 8.42 Å². The number of carboxylic acid groups (broad SMARTS) is 1. The molecule has 0 bridgehead atoms. The van der Waals surface area contributed by atoms with Crippen molar-refractivity contribution in [2.45, 2.75) is 30.0 Å². The largest absolute Gasteiger partial charge is 0.480 e. The molecule has 2 aromatic heterocycles. The highest BCUT2D eigenvalue weighted by molar-refractivity contribution is 7.91. The Balaban J connectivity index is 1.82. The van der Waals surface area contributed by atoms with Gasteiger partial charge in [-0.15, -0.1) is 11.3 Å². The van der Waals surface area contributed by atoms with Gasteiger partial charge in [0.1, 0.15) is 16.0 Å². The number of para-hydroxylation sites is 1. The number of benzene rings is 1. The topological polar surface area (TPSA) is 116 Å². The fourth-order valence-electron chi connectivity index (χ4n) is 2.79. The Labute approximate surface area is 160 Å². The van der Waals surface area contributed by atoms with Gasteiger partial charge < -0.3 is 10.1 Å². The second-order valence-corrected chi connectivity index (χ2v) is 9.28. The van der Waals surface area contributed by atoms with Crippen LogP contribution in [0.25, 0.3) is 10.9 Å². The summed E-state index contributed by atoms with van der Waals surface area (Å²) in [5, 5.41) is 10.3. The molecule has 0 amide bonds. The molecular weight excluding hydrogens is 388 g/mol. The number of ketones is 1. The number of sulfonamides is 1. The second-order valence-electron chi connectivity index (χ2n) is 6.18. The Hall–Kier alpha value is -2.49. The van der Waals surface area contributed by atoms with Gasteiger partial charge in [0.25, 0.3) is 10.0 Å². The van der Waals surface area contributed by atoms with Crippen molar-refractivity contribution in [1.82, 2.24) is 9.71 Å². The van der Waals surface area contributed by atoms with Gasteiger partial charge in [-0.3, -0.25) is 9.59 Å². The number of carbonyl (C=O) groups excluding carboxylic acids is 1. The molecule has 0 radical (unpaired) electrons. The molecule has 0 fully saturated rings. The van der Waals surface area contributed by atoms with Crippen molar-refractivity contribution in [1.29, 1.82) is 0 Å². The molecule has 1 aromatic carbocycles. The van der Waals surface area contributed by atoms with E-state index < -0.39 is 22.0 Å². The molecule has 3 N–H and O–H groups in total. The minimum Gasteiger partial charge on any atom is -0.480 e. The fraction of sp³-hybridized carbons (Fsp3) is 0.222. The number of Topliss-reactive ketones (excluding diaryl/α,β-unsaturated/α-hetero) is 1. The number of H-pyrrole nitrogens is 1. The summed E-state index contributed by atoms with van der Waals surface area (Å²) < 4.78 is 27.4. The normalized spacial score (nSPS) is 12.9. The number of hydrogen-bond acceptors (Lipinski definition) is 5. The number of hydrogen-bond donors (Lipinski definition) is 3. The molecule has 0 aliphatic rings. The van der Waals surface area contributed by atoms with Crippen LogP contribution in [0.15, 0.2) is 46.8 Å². The van der Waals surface area contributed by atoms with Crippen molar-refractivity contribution in [2.75, 3.05) is 0 Å². The SMILES string of the molecule is CC(=O)Cc1ccc(S(=O)(=O)NC(Cc2c[nH]c3ccccc23)C(=O)O)s1. The molecule has 3 aromatic rings. The Morgan fingerprint density at radius 1 is 1.22 bits per heavy atom. The first-order valence-electron chi connectivity index (χ1n) is 8.14. The third-order valence-corrected chi connectivity index (χ3v) is 7.07. The number of thiophene rings is 1. The third-order valence-electron chi connectivity index (χ3n) is 4.02. The Morgan fingerprint density at radius 2 is 1.96 bits per heavy atom. The molecule has 3 rings (SSSR count). The molecule has 1 atom stereocenters. The molecule has 0 spiro atoms. The van der Waals surface area contributed by atoms with Gasteiger partial charge in [0.2, 0.25) is 0 Å². The number of carboxylic acids is 1. The lowest BCUT2D eigenvalue weighted by atomic mass is 10.1. The Bertz CT molecular complexity index is 1100. The van der Waals surface area contributed by atoms with E-state index in [4.69, 9.17) is 0 Å². The van der Waals surface area contributed by atoms with E-state index in [1.165, 1.54) is 13.0 Å². The summed E-state index contributed by atoms with van der Waals surface area (Å²) in [5.41, 5.74) is 1.57. The van der Waals surface area contributed by atoms with E-state index >= 15 is 0 Å². The molecular formula is C18H18N2O5S2. The lowest BCUT2D eigenvalue weighted by Gasteiger charge is -2.13. The molecule has 9 heteroatoms. The minimum atomic E-state index is -4.01. The number of rotatable bonds is 8. The number of aromatic amines is 1. The van der Waals surface area contributed by atoms with Crippen molar-refractivity contribution in [3.8, 4) is 0 Å². The van der Waals surface area contributed by atoms with E-state index in [0.717, 1.165) is 22.2 Å². The van der Waals surface area contributed by atoms with Crippen LogP contribution < -0.4 is 4.72 Å². The number of carbonyl (C=O) groups is 2. The van der Waals surface area contributed by atoms with E-state index in [0.29, 0.717) is 10.4 Å². The van der Waals surface area contributed by atoms with E-state index in [-0.39, 0.29) is 22.8 Å².